The number of piperidine rings is 2. The Balaban J connectivity index is 1.44. The second-order valence-electron chi connectivity index (χ2n) is 8.13. The molecule has 0 atom stereocenters. The fraction of sp³-hybridized carbons (Fsp3) is 0.522. The Kier molecular flexibility index (Phi) is 5.69. The first-order valence-corrected chi connectivity index (χ1v) is 10.6. The predicted octanol–water partition coefficient (Wildman–Crippen LogP) is 3.42. The number of hydrogen-bond acceptors (Lipinski definition) is 4. The van der Waals surface area contributed by atoms with Gasteiger partial charge in [0.25, 0.3) is 5.91 Å². The summed E-state index contributed by atoms with van der Waals surface area (Å²) in [6.45, 7) is 4.92. The molecule has 2 fully saturated rings. The number of amides is 2. The summed E-state index contributed by atoms with van der Waals surface area (Å²) in [5.74, 6) is 1.11. The van der Waals surface area contributed by atoms with Crippen molar-refractivity contribution in [2.45, 2.75) is 39.0 Å². The van der Waals surface area contributed by atoms with Crippen LogP contribution in [-0.4, -0.2) is 59.9 Å². The zero-order chi connectivity index (χ0) is 20.4. The lowest BCUT2D eigenvalue weighted by atomic mass is 9.93. The molecule has 6 nitrogen and oxygen atoms in total. The van der Waals surface area contributed by atoms with E-state index < -0.39 is 0 Å². The van der Waals surface area contributed by atoms with E-state index in [1.807, 2.05) is 41.0 Å². The van der Waals surface area contributed by atoms with Crippen LogP contribution in [0.5, 0.6) is 5.75 Å². The molecule has 2 saturated heterocycles. The molecule has 0 radical (unpaired) electrons. The van der Waals surface area contributed by atoms with Crippen LogP contribution >= 0.6 is 0 Å². The van der Waals surface area contributed by atoms with Crippen molar-refractivity contribution >= 4 is 22.7 Å². The van der Waals surface area contributed by atoms with Crippen molar-refractivity contribution in [2.75, 3.05) is 33.3 Å². The summed E-state index contributed by atoms with van der Waals surface area (Å²) in [6, 6.07) is 7.62. The Hall–Kier alpha value is -2.63. The van der Waals surface area contributed by atoms with Gasteiger partial charge in [0.1, 0.15) is 5.75 Å². The summed E-state index contributed by atoms with van der Waals surface area (Å²) < 4.78 is 5.26. The normalized spacial score (nSPS) is 18.1. The molecule has 0 bridgehead atoms. The monoisotopic (exact) mass is 395 g/mol. The Morgan fingerprint density at radius 2 is 1.72 bits per heavy atom. The number of carbonyl (C=O) groups excluding carboxylic acids is 2. The number of likely N-dealkylation sites (tertiary alicyclic amines) is 2. The minimum Gasteiger partial charge on any atom is -0.497 e. The highest BCUT2D eigenvalue weighted by Crippen LogP contribution is 2.26. The SMILES string of the molecule is COc1ccc2cc(C(=O)N3CCC(C(=O)N4CCCCC4)CC3)c(C)nc2c1. The van der Waals surface area contributed by atoms with Crippen molar-refractivity contribution in [3.8, 4) is 5.75 Å². The number of fused-ring (bicyclic) bond motifs is 1. The van der Waals surface area contributed by atoms with Gasteiger partial charge in [0.2, 0.25) is 5.91 Å². The van der Waals surface area contributed by atoms with Crippen molar-refractivity contribution < 1.29 is 14.3 Å². The van der Waals surface area contributed by atoms with E-state index in [0.717, 1.165) is 61.1 Å². The standard InChI is InChI=1S/C23H29N3O3/c1-16-20(14-18-6-7-19(29-2)15-21(18)24-16)23(28)26-12-8-17(9-13-26)22(27)25-10-4-3-5-11-25/h6-7,14-15,17H,3-5,8-13H2,1-2H3. The molecule has 29 heavy (non-hydrogen) atoms. The third kappa shape index (κ3) is 4.07. The highest BCUT2D eigenvalue weighted by atomic mass is 16.5. The van der Waals surface area contributed by atoms with Gasteiger partial charge in [0.15, 0.2) is 0 Å². The number of benzene rings is 1. The Labute approximate surface area is 171 Å². The van der Waals surface area contributed by atoms with Gasteiger partial charge in [-0.1, -0.05) is 0 Å². The molecular formula is C23H29N3O3. The van der Waals surface area contributed by atoms with E-state index in [9.17, 15) is 9.59 Å². The van der Waals surface area contributed by atoms with E-state index >= 15 is 0 Å². The highest BCUT2D eigenvalue weighted by Gasteiger charge is 2.31. The Morgan fingerprint density at radius 3 is 2.41 bits per heavy atom. The number of pyridine rings is 1. The van der Waals surface area contributed by atoms with Gasteiger partial charge in [-0.25, -0.2) is 0 Å². The van der Waals surface area contributed by atoms with Crippen LogP contribution in [0.25, 0.3) is 10.9 Å². The van der Waals surface area contributed by atoms with Gasteiger partial charge < -0.3 is 14.5 Å². The number of ether oxygens (including phenoxy) is 1. The molecule has 0 unspecified atom stereocenters. The third-order valence-electron chi connectivity index (χ3n) is 6.24. The average Bonchev–Trinajstić information content (AvgIpc) is 2.78. The maximum atomic E-state index is 13.1. The maximum Gasteiger partial charge on any atom is 0.255 e. The largest absolute Gasteiger partial charge is 0.497 e. The summed E-state index contributed by atoms with van der Waals surface area (Å²) in [7, 11) is 1.63. The minimum absolute atomic E-state index is 0.0107. The van der Waals surface area contributed by atoms with Crippen LogP contribution in [0.1, 0.15) is 48.2 Å². The number of nitrogens with zero attached hydrogens (tertiary/aromatic N) is 3. The second kappa shape index (κ2) is 8.39. The molecule has 3 heterocycles. The molecule has 4 rings (SSSR count). The lowest BCUT2D eigenvalue weighted by Gasteiger charge is -2.35. The van der Waals surface area contributed by atoms with Crippen LogP contribution in [0, 0.1) is 12.8 Å². The molecule has 0 N–H and O–H groups in total. The fourth-order valence-corrected chi connectivity index (χ4v) is 4.46. The van der Waals surface area contributed by atoms with Gasteiger partial charge in [0, 0.05) is 43.5 Å². The average molecular weight is 396 g/mol. The van der Waals surface area contributed by atoms with Gasteiger partial charge in [0.05, 0.1) is 23.9 Å². The first-order valence-electron chi connectivity index (χ1n) is 10.6. The molecule has 1 aromatic carbocycles. The molecule has 0 saturated carbocycles. The summed E-state index contributed by atoms with van der Waals surface area (Å²) in [6.07, 6.45) is 4.95. The predicted molar refractivity (Wildman–Crippen MR) is 112 cm³/mol. The third-order valence-corrected chi connectivity index (χ3v) is 6.24. The van der Waals surface area contributed by atoms with Gasteiger partial charge in [-0.15, -0.1) is 0 Å². The minimum atomic E-state index is 0.0107. The maximum absolute atomic E-state index is 13.1. The van der Waals surface area contributed by atoms with Crippen LogP contribution in [0.3, 0.4) is 0 Å². The number of methoxy groups -OCH3 is 1. The smallest absolute Gasteiger partial charge is 0.255 e. The molecule has 1 aromatic heterocycles. The van der Waals surface area contributed by atoms with Gasteiger partial charge in [-0.3, -0.25) is 14.6 Å². The molecule has 0 aliphatic carbocycles. The number of rotatable bonds is 3. The first-order chi connectivity index (χ1) is 14.1. The molecular weight excluding hydrogens is 366 g/mol. The highest BCUT2D eigenvalue weighted by molar-refractivity contribution is 5.99. The molecule has 2 aromatic rings. The van der Waals surface area contributed by atoms with E-state index in [1.54, 1.807) is 7.11 Å². The van der Waals surface area contributed by atoms with Crippen molar-refractivity contribution in [3.63, 3.8) is 0 Å². The van der Waals surface area contributed by atoms with Gasteiger partial charge in [-0.2, -0.15) is 0 Å². The van der Waals surface area contributed by atoms with Crippen LogP contribution in [0.2, 0.25) is 0 Å². The molecule has 0 spiro atoms. The lowest BCUT2D eigenvalue weighted by Crippen LogP contribution is -2.45. The van der Waals surface area contributed by atoms with Crippen molar-refractivity contribution in [2.24, 2.45) is 5.92 Å². The summed E-state index contributed by atoms with van der Waals surface area (Å²) in [5, 5.41) is 0.926. The molecule has 2 aliphatic rings. The Morgan fingerprint density at radius 1 is 1.00 bits per heavy atom. The van der Waals surface area contributed by atoms with E-state index in [2.05, 4.69) is 4.98 Å². The van der Waals surface area contributed by atoms with Crippen molar-refractivity contribution in [1.29, 1.82) is 0 Å². The fourth-order valence-electron chi connectivity index (χ4n) is 4.46. The Bertz CT molecular complexity index is 913. The number of aryl methyl sites for hydroxylation is 1. The van der Waals surface area contributed by atoms with Crippen molar-refractivity contribution in [3.05, 3.63) is 35.5 Å². The molecule has 6 heteroatoms. The van der Waals surface area contributed by atoms with E-state index in [-0.39, 0.29) is 17.7 Å². The first kappa shape index (κ1) is 19.7. The second-order valence-corrected chi connectivity index (χ2v) is 8.13. The zero-order valence-electron chi connectivity index (χ0n) is 17.3. The number of hydrogen-bond donors (Lipinski definition) is 0. The molecule has 2 aliphatic heterocycles. The van der Waals surface area contributed by atoms with Crippen LogP contribution in [-0.2, 0) is 4.79 Å². The quantitative estimate of drug-likeness (QED) is 0.799. The van der Waals surface area contributed by atoms with Crippen LogP contribution in [0.15, 0.2) is 24.3 Å². The number of aromatic nitrogens is 1. The molecule has 154 valence electrons. The van der Waals surface area contributed by atoms with Gasteiger partial charge in [-0.05, 0) is 57.2 Å². The lowest BCUT2D eigenvalue weighted by molar-refractivity contribution is -0.137. The van der Waals surface area contributed by atoms with Crippen molar-refractivity contribution in [1.82, 2.24) is 14.8 Å². The van der Waals surface area contributed by atoms with E-state index in [0.29, 0.717) is 18.7 Å². The van der Waals surface area contributed by atoms with Crippen LogP contribution in [0.4, 0.5) is 0 Å². The number of carbonyl (C=O) groups is 2. The summed E-state index contributed by atoms with van der Waals surface area (Å²) in [5.41, 5.74) is 2.19. The topological polar surface area (TPSA) is 62.7 Å². The summed E-state index contributed by atoms with van der Waals surface area (Å²) >= 11 is 0. The zero-order valence-corrected chi connectivity index (χ0v) is 17.3. The van der Waals surface area contributed by atoms with E-state index in [4.69, 9.17) is 4.74 Å². The van der Waals surface area contributed by atoms with Gasteiger partial charge >= 0.3 is 0 Å². The van der Waals surface area contributed by atoms with E-state index in [1.165, 1.54) is 6.42 Å². The summed E-state index contributed by atoms with van der Waals surface area (Å²) in [4.78, 5) is 34.4. The van der Waals surface area contributed by atoms with Crippen LogP contribution < -0.4 is 4.74 Å². The molecule has 2 amide bonds.